The normalized spacial score (nSPS) is 17.5. The first kappa shape index (κ1) is 19.1. The van der Waals surface area contributed by atoms with Gasteiger partial charge in [-0.2, -0.15) is 0 Å². The van der Waals surface area contributed by atoms with Gasteiger partial charge in [-0.1, -0.05) is 29.3 Å². The summed E-state index contributed by atoms with van der Waals surface area (Å²) in [4.78, 5) is 14.1. The summed E-state index contributed by atoms with van der Waals surface area (Å²) in [5, 5.41) is -0.0551. The molecule has 1 amide bonds. The SMILES string of the molecule is O=C(Cc1c(F)cccc1Cl)N1CCC(S(=O)(=O)c2ccc(Cl)cc2)C1. The predicted molar refractivity (Wildman–Crippen MR) is 98.7 cm³/mol. The van der Waals surface area contributed by atoms with E-state index in [-0.39, 0.29) is 34.4 Å². The van der Waals surface area contributed by atoms with Gasteiger partial charge in [-0.3, -0.25) is 4.79 Å². The molecule has 3 rings (SSSR count). The Bertz CT molecular complexity index is 912. The highest BCUT2D eigenvalue weighted by molar-refractivity contribution is 7.92. The third-order valence-electron chi connectivity index (χ3n) is 4.47. The molecule has 1 aliphatic rings. The van der Waals surface area contributed by atoms with Crippen LogP contribution in [-0.2, 0) is 21.1 Å². The van der Waals surface area contributed by atoms with E-state index in [1.165, 1.54) is 47.4 Å². The molecule has 0 aliphatic carbocycles. The van der Waals surface area contributed by atoms with Crippen molar-refractivity contribution < 1.29 is 17.6 Å². The summed E-state index contributed by atoms with van der Waals surface area (Å²) in [5.41, 5.74) is 0.128. The van der Waals surface area contributed by atoms with Crippen molar-refractivity contribution >= 4 is 38.9 Å². The van der Waals surface area contributed by atoms with Crippen LogP contribution in [0.1, 0.15) is 12.0 Å². The highest BCUT2D eigenvalue weighted by Gasteiger charge is 2.36. The minimum absolute atomic E-state index is 0.0792. The van der Waals surface area contributed by atoms with Crippen molar-refractivity contribution in [2.24, 2.45) is 0 Å². The smallest absolute Gasteiger partial charge is 0.227 e. The monoisotopic (exact) mass is 415 g/mol. The zero-order valence-electron chi connectivity index (χ0n) is 13.7. The second kappa shape index (κ2) is 7.55. The summed E-state index contributed by atoms with van der Waals surface area (Å²) in [5.74, 6) is -0.888. The van der Waals surface area contributed by atoms with Crippen LogP contribution in [0.5, 0.6) is 0 Å². The molecule has 0 aromatic heterocycles. The van der Waals surface area contributed by atoms with Gasteiger partial charge in [-0.15, -0.1) is 0 Å². The number of hydrogen-bond donors (Lipinski definition) is 0. The number of benzene rings is 2. The lowest BCUT2D eigenvalue weighted by Gasteiger charge is -2.17. The number of halogens is 3. The fraction of sp³-hybridized carbons (Fsp3) is 0.278. The molecule has 26 heavy (non-hydrogen) atoms. The van der Waals surface area contributed by atoms with Gasteiger partial charge >= 0.3 is 0 Å². The number of amides is 1. The Morgan fingerprint density at radius 1 is 1.15 bits per heavy atom. The maximum absolute atomic E-state index is 13.9. The Balaban J connectivity index is 1.72. The zero-order valence-corrected chi connectivity index (χ0v) is 16.0. The molecule has 2 aromatic rings. The molecule has 0 N–H and O–H groups in total. The van der Waals surface area contributed by atoms with Crippen LogP contribution in [0.25, 0.3) is 0 Å². The van der Waals surface area contributed by atoms with Gasteiger partial charge in [0, 0.05) is 28.7 Å². The van der Waals surface area contributed by atoms with Gasteiger partial charge in [0.15, 0.2) is 9.84 Å². The van der Waals surface area contributed by atoms with Crippen molar-refractivity contribution in [2.45, 2.75) is 23.0 Å². The molecule has 1 fully saturated rings. The van der Waals surface area contributed by atoms with Gasteiger partial charge in [0.05, 0.1) is 16.6 Å². The molecule has 0 bridgehead atoms. The molecule has 2 aromatic carbocycles. The Labute approximate surface area is 161 Å². The summed E-state index contributed by atoms with van der Waals surface area (Å²) in [6.45, 7) is 0.387. The van der Waals surface area contributed by atoms with Crippen LogP contribution in [0.4, 0.5) is 4.39 Å². The van der Waals surface area contributed by atoms with Gasteiger partial charge in [0.1, 0.15) is 5.82 Å². The average Bonchev–Trinajstić information content (AvgIpc) is 3.09. The number of likely N-dealkylation sites (tertiary alicyclic amines) is 1. The Kier molecular flexibility index (Phi) is 5.55. The van der Waals surface area contributed by atoms with Gasteiger partial charge in [0.25, 0.3) is 0 Å². The number of hydrogen-bond acceptors (Lipinski definition) is 3. The fourth-order valence-electron chi connectivity index (χ4n) is 2.99. The Morgan fingerprint density at radius 3 is 2.50 bits per heavy atom. The van der Waals surface area contributed by atoms with E-state index in [0.29, 0.717) is 18.0 Å². The summed E-state index contributed by atoms with van der Waals surface area (Å²) >= 11 is 11.8. The molecule has 1 atom stereocenters. The largest absolute Gasteiger partial charge is 0.341 e. The lowest BCUT2D eigenvalue weighted by molar-refractivity contribution is -0.129. The van der Waals surface area contributed by atoms with Crippen LogP contribution in [0.3, 0.4) is 0 Å². The zero-order chi connectivity index (χ0) is 18.9. The van der Waals surface area contributed by atoms with Crippen molar-refractivity contribution in [3.63, 3.8) is 0 Å². The number of nitrogens with zero attached hydrogens (tertiary/aromatic N) is 1. The summed E-state index contributed by atoms with van der Waals surface area (Å²) in [6, 6.07) is 10.2. The van der Waals surface area contributed by atoms with Crippen molar-refractivity contribution in [3.05, 3.63) is 63.9 Å². The first-order valence-electron chi connectivity index (χ1n) is 7.99. The molecule has 0 radical (unpaired) electrons. The highest BCUT2D eigenvalue weighted by atomic mass is 35.5. The van der Waals surface area contributed by atoms with Crippen LogP contribution in [-0.4, -0.2) is 37.6 Å². The number of rotatable bonds is 4. The van der Waals surface area contributed by atoms with Crippen LogP contribution in [0, 0.1) is 5.82 Å². The maximum Gasteiger partial charge on any atom is 0.227 e. The van der Waals surface area contributed by atoms with Crippen molar-refractivity contribution in [3.8, 4) is 0 Å². The average molecular weight is 416 g/mol. The molecular formula is C18H16Cl2FNO3S. The minimum Gasteiger partial charge on any atom is -0.341 e. The first-order valence-corrected chi connectivity index (χ1v) is 10.3. The van der Waals surface area contributed by atoms with Crippen LogP contribution in [0.2, 0.25) is 10.0 Å². The molecule has 1 saturated heterocycles. The second-order valence-corrected chi connectivity index (χ2v) is 9.20. The topological polar surface area (TPSA) is 54.5 Å². The minimum atomic E-state index is -3.56. The van der Waals surface area contributed by atoms with E-state index in [0.717, 1.165) is 0 Å². The Hall–Kier alpha value is -1.63. The third-order valence-corrected chi connectivity index (χ3v) is 7.27. The summed E-state index contributed by atoms with van der Waals surface area (Å²) in [7, 11) is -3.56. The van der Waals surface area contributed by atoms with E-state index in [1.54, 1.807) is 0 Å². The van der Waals surface area contributed by atoms with E-state index < -0.39 is 20.9 Å². The fourth-order valence-corrected chi connectivity index (χ4v) is 5.04. The van der Waals surface area contributed by atoms with Crippen LogP contribution < -0.4 is 0 Å². The molecule has 4 nitrogen and oxygen atoms in total. The van der Waals surface area contributed by atoms with E-state index in [4.69, 9.17) is 23.2 Å². The van der Waals surface area contributed by atoms with E-state index >= 15 is 0 Å². The Morgan fingerprint density at radius 2 is 1.85 bits per heavy atom. The second-order valence-electron chi connectivity index (χ2n) is 6.13. The predicted octanol–water partition coefficient (Wildman–Crippen LogP) is 3.75. The standard InChI is InChI=1S/C18H16Cl2FNO3S/c19-12-4-6-13(7-5-12)26(24,25)14-8-9-22(11-14)18(23)10-15-16(20)2-1-3-17(15)21/h1-7,14H,8-11H2. The van der Waals surface area contributed by atoms with Crippen LogP contribution >= 0.6 is 23.2 Å². The van der Waals surface area contributed by atoms with Gasteiger partial charge < -0.3 is 4.90 Å². The van der Waals surface area contributed by atoms with Crippen LogP contribution in [0.15, 0.2) is 47.4 Å². The van der Waals surface area contributed by atoms with E-state index in [9.17, 15) is 17.6 Å². The molecule has 0 spiro atoms. The lowest BCUT2D eigenvalue weighted by atomic mass is 10.1. The highest BCUT2D eigenvalue weighted by Crippen LogP contribution is 2.26. The van der Waals surface area contributed by atoms with E-state index in [1.807, 2.05) is 0 Å². The quantitative estimate of drug-likeness (QED) is 0.763. The third kappa shape index (κ3) is 3.87. The summed E-state index contributed by atoms with van der Waals surface area (Å²) in [6.07, 6.45) is 0.140. The van der Waals surface area contributed by atoms with Crippen molar-refractivity contribution in [2.75, 3.05) is 13.1 Å². The maximum atomic E-state index is 13.9. The number of carbonyl (C=O) groups is 1. The summed E-state index contributed by atoms with van der Waals surface area (Å²) < 4.78 is 39.3. The molecule has 1 heterocycles. The molecule has 138 valence electrons. The molecule has 1 aliphatic heterocycles. The van der Waals surface area contributed by atoms with Gasteiger partial charge in [-0.05, 0) is 42.8 Å². The molecule has 8 heteroatoms. The molecule has 1 unspecified atom stereocenters. The first-order chi connectivity index (χ1) is 12.3. The number of sulfone groups is 1. The number of carbonyl (C=O) groups excluding carboxylic acids is 1. The molecule has 0 saturated carbocycles. The van der Waals surface area contributed by atoms with Gasteiger partial charge in [0.2, 0.25) is 5.91 Å². The van der Waals surface area contributed by atoms with E-state index in [2.05, 4.69) is 0 Å². The van der Waals surface area contributed by atoms with Crippen molar-refractivity contribution in [1.82, 2.24) is 4.90 Å². The molecular weight excluding hydrogens is 400 g/mol. The lowest BCUT2D eigenvalue weighted by Crippen LogP contribution is -2.33. The van der Waals surface area contributed by atoms with Crippen molar-refractivity contribution in [1.29, 1.82) is 0 Å². The van der Waals surface area contributed by atoms with Gasteiger partial charge in [-0.25, -0.2) is 12.8 Å².